The van der Waals surface area contributed by atoms with Crippen LogP contribution in [0, 0.1) is 0 Å². The minimum Gasteiger partial charge on any atom is -0.480 e. The molecule has 2 aliphatic rings. The van der Waals surface area contributed by atoms with E-state index in [1.165, 1.54) is 19.3 Å². The molecule has 2 fully saturated rings. The average molecular weight is 225 g/mol. The number of likely N-dealkylation sites (tertiary alicyclic amines) is 1. The summed E-state index contributed by atoms with van der Waals surface area (Å²) in [6.07, 6.45) is 8.55. The third-order valence-electron chi connectivity index (χ3n) is 4.48. The third kappa shape index (κ3) is 1.86. The lowest BCUT2D eigenvalue weighted by Crippen LogP contribution is -2.57. The van der Waals surface area contributed by atoms with Crippen LogP contribution in [0.2, 0.25) is 0 Å². The van der Waals surface area contributed by atoms with E-state index in [-0.39, 0.29) is 0 Å². The molecule has 0 radical (unpaired) electrons. The van der Waals surface area contributed by atoms with Crippen molar-refractivity contribution in [3.05, 3.63) is 0 Å². The molecular formula is C13H23NO2. The van der Waals surface area contributed by atoms with Crippen LogP contribution in [-0.4, -0.2) is 34.1 Å². The number of carboxylic acid groups (broad SMARTS) is 1. The predicted octanol–water partition coefficient (Wildman–Crippen LogP) is 2.65. The van der Waals surface area contributed by atoms with Crippen LogP contribution >= 0.6 is 0 Å². The van der Waals surface area contributed by atoms with Gasteiger partial charge >= 0.3 is 5.97 Å². The van der Waals surface area contributed by atoms with Gasteiger partial charge in [-0.05, 0) is 38.6 Å². The monoisotopic (exact) mass is 225 g/mol. The third-order valence-corrected chi connectivity index (χ3v) is 4.48. The van der Waals surface area contributed by atoms with Crippen LogP contribution in [0.5, 0.6) is 0 Å². The van der Waals surface area contributed by atoms with E-state index in [2.05, 4.69) is 11.8 Å². The van der Waals surface area contributed by atoms with E-state index in [9.17, 15) is 9.90 Å². The van der Waals surface area contributed by atoms with Gasteiger partial charge in [-0.2, -0.15) is 0 Å². The van der Waals surface area contributed by atoms with Gasteiger partial charge in [0.25, 0.3) is 0 Å². The minimum absolute atomic E-state index is 0.509. The number of carbonyl (C=O) groups is 1. The second-order valence-corrected chi connectivity index (χ2v) is 5.30. The summed E-state index contributed by atoms with van der Waals surface area (Å²) in [6, 6.07) is 0.509. The summed E-state index contributed by atoms with van der Waals surface area (Å²) >= 11 is 0. The number of nitrogens with zero attached hydrogens (tertiary/aromatic N) is 1. The van der Waals surface area contributed by atoms with Crippen molar-refractivity contribution in [2.45, 2.75) is 69.9 Å². The Labute approximate surface area is 97.8 Å². The van der Waals surface area contributed by atoms with Crippen LogP contribution in [0.1, 0.15) is 58.3 Å². The van der Waals surface area contributed by atoms with E-state index in [0.717, 1.165) is 38.6 Å². The normalized spacial score (nSPS) is 30.4. The first-order chi connectivity index (χ1) is 7.70. The molecule has 16 heavy (non-hydrogen) atoms. The zero-order chi connectivity index (χ0) is 11.6. The van der Waals surface area contributed by atoms with Crippen molar-refractivity contribution in [1.82, 2.24) is 4.90 Å². The first-order valence-corrected chi connectivity index (χ1v) is 6.71. The Bertz CT molecular complexity index is 259. The molecule has 0 aromatic heterocycles. The zero-order valence-electron chi connectivity index (χ0n) is 10.2. The van der Waals surface area contributed by atoms with Crippen LogP contribution in [0.4, 0.5) is 0 Å². The van der Waals surface area contributed by atoms with Crippen molar-refractivity contribution in [3.8, 4) is 0 Å². The average Bonchev–Trinajstić information content (AvgIpc) is 2.78. The maximum atomic E-state index is 11.7. The van der Waals surface area contributed by atoms with E-state index in [0.29, 0.717) is 6.04 Å². The molecule has 3 nitrogen and oxygen atoms in total. The predicted molar refractivity (Wildman–Crippen MR) is 63.5 cm³/mol. The van der Waals surface area contributed by atoms with Crippen molar-refractivity contribution < 1.29 is 9.90 Å². The molecule has 0 aromatic rings. The highest BCUT2D eigenvalue weighted by Gasteiger charge is 2.48. The van der Waals surface area contributed by atoms with Gasteiger partial charge in [0.05, 0.1) is 0 Å². The second kappa shape index (κ2) is 4.74. The fourth-order valence-electron chi connectivity index (χ4n) is 3.58. The largest absolute Gasteiger partial charge is 0.480 e. The molecule has 0 aromatic carbocycles. The van der Waals surface area contributed by atoms with Gasteiger partial charge in [0.1, 0.15) is 5.54 Å². The zero-order valence-corrected chi connectivity index (χ0v) is 10.2. The van der Waals surface area contributed by atoms with Crippen molar-refractivity contribution in [2.75, 3.05) is 6.54 Å². The summed E-state index contributed by atoms with van der Waals surface area (Å²) in [5, 5.41) is 9.62. The highest BCUT2D eigenvalue weighted by Crippen LogP contribution is 2.39. The first-order valence-electron chi connectivity index (χ1n) is 6.71. The molecule has 1 unspecified atom stereocenters. The first kappa shape index (κ1) is 11.9. The Balaban J connectivity index is 2.20. The summed E-state index contributed by atoms with van der Waals surface area (Å²) in [4.78, 5) is 14.0. The lowest BCUT2D eigenvalue weighted by Gasteiger charge is -2.44. The van der Waals surface area contributed by atoms with Crippen molar-refractivity contribution in [2.24, 2.45) is 0 Å². The topological polar surface area (TPSA) is 40.5 Å². The molecule has 92 valence electrons. The molecule has 1 aliphatic heterocycles. The lowest BCUT2D eigenvalue weighted by atomic mass is 9.79. The van der Waals surface area contributed by atoms with E-state index in [1.807, 2.05) is 0 Å². The molecule has 1 heterocycles. The van der Waals surface area contributed by atoms with Crippen molar-refractivity contribution in [1.29, 1.82) is 0 Å². The minimum atomic E-state index is -0.576. The van der Waals surface area contributed by atoms with Gasteiger partial charge in [-0.1, -0.05) is 26.2 Å². The van der Waals surface area contributed by atoms with Crippen LogP contribution in [0.25, 0.3) is 0 Å². The number of hydrogen-bond donors (Lipinski definition) is 1. The smallest absolute Gasteiger partial charge is 0.324 e. The van der Waals surface area contributed by atoms with Gasteiger partial charge < -0.3 is 5.11 Å². The molecule has 1 N–H and O–H groups in total. The number of rotatable bonds is 3. The SMILES string of the molecule is CCC1CCCN1C1(C(=O)O)CCCCC1. The molecule has 0 amide bonds. The van der Waals surface area contributed by atoms with Gasteiger partial charge in [-0.25, -0.2) is 0 Å². The highest BCUT2D eigenvalue weighted by molar-refractivity contribution is 5.79. The van der Waals surface area contributed by atoms with E-state index in [1.54, 1.807) is 0 Å². The van der Waals surface area contributed by atoms with E-state index in [4.69, 9.17) is 0 Å². The molecule has 3 heteroatoms. The molecular weight excluding hydrogens is 202 g/mol. The fraction of sp³-hybridized carbons (Fsp3) is 0.923. The van der Waals surface area contributed by atoms with Crippen molar-refractivity contribution in [3.63, 3.8) is 0 Å². The Hall–Kier alpha value is -0.570. The maximum absolute atomic E-state index is 11.7. The summed E-state index contributed by atoms with van der Waals surface area (Å²) in [7, 11) is 0. The van der Waals surface area contributed by atoms with Gasteiger partial charge in [0.2, 0.25) is 0 Å². The molecule has 1 atom stereocenters. The molecule has 0 spiro atoms. The van der Waals surface area contributed by atoms with Crippen LogP contribution in [0.3, 0.4) is 0 Å². The van der Waals surface area contributed by atoms with E-state index >= 15 is 0 Å². The highest BCUT2D eigenvalue weighted by atomic mass is 16.4. The molecule has 2 rings (SSSR count). The summed E-state index contributed by atoms with van der Waals surface area (Å²) in [5.41, 5.74) is -0.518. The number of hydrogen-bond acceptors (Lipinski definition) is 2. The molecule has 0 bridgehead atoms. The van der Waals surface area contributed by atoms with Gasteiger partial charge in [0.15, 0.2) is 0 Å². The molecule has 1 saturated heterocycles. The maximum Gasteiger partial charge on any atom is 0.324 e. The van der Waals surface area contributed by atoms with Gasteiger partial charge in [-0.15, -0.1) is 0 Å². The number of aliphatic carboxylic acids is 1. The van der Waals surface area contributed by atoms with Gasteiger partial charge in [-0.3, -0.25) is 9.69 Å². The standard InChI is InChI=1S/C13H23NO2/c1-2-11-7-6-10-14(11)13(12(15)16)8-4-3-5-9-13/h11H,2-10H2,1H3,(H,15,16). The van der Waals surface area contributed by atoms with E-state index < -0.39 is 11.5 Å². The fourth-order valence-corrected chi connectivity index (χ4v) is 3.58. The van der Waals surface area contributed by atoms with Crippen LogP contribution in [-0.2, 0) is 4.79 Å². The Morgan fingerprint density at radius 1 is 1.31 bits per heavy atom. The van der Waals surface area contributed by atoms with Crippen LogP contribution < -0.4 is 0 Å². The summed E-state index contributed by atoms with van der Waals surface area (Å²) in [6.45, 7) is 3.17. The van der Waals surface area contributed by atoms with Crippen LogP contribution in [0.15, 0.2) is 0 Å². The quantitative estimate of drug-likeness (QED) is 0.802. The second-order valence-electron chi connectivity index (χ2n) is 5.30. The Morgan fingerprint density at radius 2 is 2.00 bits per heavy atom. The lowest BCUT2D eigenvalue weighted by molar-refractivity contribution is -0.155. The molecule has 1 aliphatic carbocycles. The Kier molecular flexibility index (Phi) is 3.53. The Morgan fingerprint density at radius 3 is 2.56 bits per heavy atom. The summed E-state index contributed by atoms with van der Waals surface area (Å²) < 4.78 is 0. The molecule has 1 saturated carbocycles. The van der Waals surface area contributed by atoms with Crippen molar-refractivity contribution >= 4 is 5.97 Å². The summed E-state index contributed by atoms with van der Waals surface area (Å²) in [5.74, 6) is -0.576. The number of carboxylic acids is 1. The van der Waals surface area contributed by atoms with Gasteiger partial charge in [0, 0.05) is 6.04 Å².